The summed E-state index contributed by atoms with van der Waals surface area (Å²) >= 11 is 6.09. The molecule has 0 fully saturated rings. The molecule has 1 aliphatic rings. The van der Waals surface area contributed by atoms with Crippen LogP contribution in [0.25, 0.3) is 22.7 Å². The van der Waals surface area contributed by atoms with Crippen LogP contribution in [0.2, 0.25) is 5.02 Å². The lowest BCUT2D eigenvalue weighted by Crippen LogP contribution is -2.16. The highest BCUT2D eigenvalue weighted by atomic mass is 35.5. The lowest BCUT2D eigenvalue weighted by atomic mass is 9.84. The zero-order valence-electron chi connectivity index (χ0n) is 19.2. The predicted octanol–water partition coefficient (Wildman–Crippen LogP) is 6.22. The summed E-state index contributed by atoms with van der Waals surface area (Å²) in [5, 5.41) is 10.2. The Hall–Kier alpha value is -4.49. The topological polar surface area (TPSA) is 70.1 Å². The molecule has 0 aliphatic carbocycles. The summed E-state index contributed by atoms with van der Waals surface area (Å²) in [5.74, 6) is 1.57. The lowest BCUT2D eigenvalue weighted by Gasteiger charge is -2.26. The lowest BCUT2D eigenvalue weighted by molar-refractivity contribution is 0.402. The minimum absolute atomic E-state index is 0.180. The first kappa shape index (κ1) is 20.8. The molecule has 0 radical (unpaired) electrons. The molecule has 4 heterocycles. The van der Waals surface area contributed by atoms with Crippen LogP contribution < -0.4 is 4.74 Å². The Kier molecular flexibility index (Phi) is 4.65. The summed E-state index contributed by atoms with van der Waals surface area (Å²) in [6.07, 6.45) is 1.64. The fraction of sp³-hybridized carbons (Fsp3) is 0.0714. The predicted molar refractivity (Wildman–Crippen MR) is 137 cm³/mol. The van der Waals surface area contributed by atoms with Crippen molar-refractivity contribution in [2.75, 3.05) is 0 Å². The number of para-hydroxylation sites is 1. The molecular weight excluding hydrogens is 472 g/mol. The van der Waals surface area contributed by atoms with E-state index >= 15 is 0 Å². The Morgan fingerprint density at radius 1 is 0.833 bits per heavy atom. The van der Waals surface area contributed by atoms with Crippen molar-refractivity contribution in [1.82, 2.24) is 29.4 Å². The van der Waals surface area contributed by atoms with Crippen LogP contribution in [0.4, 0.5) is 0 Å². The molecule has 36 heavy (non-hydrogen) atoms. The molecule has 0 unspecified atom stereocenters. The molecule has 8 heteroatoms. The number of aromatic nitrogens is 6. The summed E-state index contributed by atoms with van der Waals surface area (Å²) < 4.78 is 10.0. The second-order valence-corrected chi connectivity index (χ2v) is 9.11. The number of hydrogen-bond acceptors (Lipinski definition) is 5. The van der Waals surface area contributed by atoms with Crippen molar-refractivity contribution in [3.8, 4) is 28.8 Å². The van der Waals surface area contributed by atoms with Gasteiger partial charge in [0.15, 0.2) is 11.5 Å². The van der Waals surface area contributed by atoms with Crippen LogP contribution >= 0.6 is 11.6 Å². The molecule has 0 N–H and O–H groups in total. The van der Waals surface area contributed by atoms with E-state index in [-0.39, 0.29) is 5.92 Å². The van der Waals surface area contributed by atoms with Crippen LogP contribution in [0.1, 0.15) is 28.3 Å². The summed E-state index contributed by atoms with van der Waals surface area (Å²) in [5.41, 5.74) is 6.32. The van der Waals surface area contributed by atoms with Gasteiger partial charge in [0.25, 0.3) is 0 Å². The van der Waals surface area contributed by atoms with E-state index < -0.39 is 0 Å². The van der Waals surface area contributed by atoms with Gasteiger partial charge in [0.1, 0.15) is 6.33 Å². The number of hydrogen-bond donors (Lipinski definition) is 0. The third-order valence-corrected chi connectivity index (χ3v) is 6.71. The fourth-order valence-corrected chi connectivity index (χ4v) is 4.95. The maximum atomic E-state index is 6.47. The molecule has 7 rings (SSSR count). The average Bonchev–Trinajstić information content (AvgIpc) is 3.50. The van der Waals surface area contributed by atoms with Crippen LogP contribution in [-0.4, -0.2) is 29.4 Å². The van der Waals surface area contributed by atoms with E-state index in [9.17, 15) is 0 Å². The summed E-state index contributed by atoms with van der Waals surface area (Å²) in [7, 11) is 0. The standard InChI is InChI=1S/C28H19ClN6O/c1-17-22-23(18-8-4-2-5-9-18)24-26-31-25(19-12-14-20(29)15-13-19)33-34(26)16-30-27(24)36-28(22)35(32-17)21-10-6-3-7-11-21/h2-16,23H,1H3/t23-/m1/s1. The van der Waals surface area contributed by atoms with Gasteiger partial charge in [-0.15, -0.1) is 5.10 Å². The maximum absolute atomic E-state index is 6.47. The van der Waals surface area contributed by atoms with Crippen molar-refractivity contribution in [2.45, 2.75) is 12.8 Å². The highest BCUT2D eigenvalue weighted by Gasteiger charge is 2.38. The molecule has 0 saturated heterocycles. The molecular formula is C28H19ClN6O. The summed E-state index contributed by atoms with van der Waals surface area (Å²) in [6.45, 7) is 2.01. The van der Waals surface area contributed by atoms with Crippen molar-refractivity contribution < 1.29 is 4.74 Å². The normalized spacial score (nSPS) is 14.3. The molecule has 174 valence electrons. The Morgan fingerprint density at radius 2 is 1.56 bits per heavy atom. The van der Waals surface area contributed by atoms with E-state index in [1.54, 1.807) is 10.8 Å². The van der Waals surface area contributed by atoms with Crippen LogP contribution in [0.5, 0.6) is 11.8 Å². The van der Waals surface area contributed by atoms with Crippen LogP contribution in [0.3, 0.4) is 0 Å². The Labute approximate surface area is 211 Å². The first-order valence-corrected chi connectivity index (χ1v) is 11.9. The van der Waals surface area contributed by atoms with E-state index in [1.165, 1.54) is 0 Å². The summed E-state index contributed by atoms with van der Waals surface area (Å²) in [4.78, 5) is 9.59. The van der Waals surface area contributed by atoms with Gasteiger partial charge >= 0.3 is 0 Å². The molecule has 0 spiro atoms. The Morgan fingerprint density at radius 3 is 2.31 bits per heavy atom. The molecule has 3 aromatic carbocycles. The highest BCUT2D eigenvalue weighted by Crippen LogP contribution is 2.49. The zero-order chi connectivity index (χ0) is 24.2. The highest BCUT2D eigenvalue weighted by molar-refractivity contribution is 6.30. The largest absolute Gasteiger partial charge is 0.420 e. The fourth-order valence-electron chi connectivity index (χ4n) is 4.82. The second-order valence-electron chi connectivity index (χ2n) is 8.67. The minimum atomic E-state index is -0.180. The average molecular weight is 491 g/mol. The van der Waals surface area contributed by atoms with Crippen molar-refractivity contribution in [1.29, 1.82) is 0 Å². The summed E-state index contributed by atoms with van der Waals surface area (Å²) in [6, 6.07) is 27.8. The van der Waals surface area contributed by atoms with Gasteiger partial charge in [-0.3, -0.25) is 0 Å². The third-order valence-electron chi connectivity index (χ3n) is 6.46. The van der Waals surface area contributed by atoms with E-state index in [2.05, 4.69) is 17.1 Å². The van der Waals surface area contributed by atoms with Gasteiger partial charge in [-0.2, -0.15) is 5.10 Å². The van der Waals surface area contributed by atoms with E-state index in [0.29, 0.717) is 28.3 Å². The monoisotopic (exact) mass is 490 g/mol. The van der Waals surface area contributed by atoms with Crippen molar-refractivity contribution in [2.24, 2.45) is 0 Å². The molecule has 0 saturated carbocycles. The van der Waals surface area contributed by atoms with Crippen LogP contribution in [-0.2, 0) is 0 Å². The molecule has 0 bridgehead atoms. The number of nitrogens with zero attached hydrogens (tertiary/aromatic N) is 6. The number of rotatable bonds is 3. The molecule has 3 aromatic heterocycles. The quantitative estimate of drug-likeness (QED) is 0.294. The first-order chi connectivity index (χ1) is 17.7. The van der Waals surface area contributed by atoms with E-state index in [1.807, 2.05) is 84.4 Å². The number of ether oxygens (including phenoxy) is 1. The number of halogens is 1. The molecule has 0 amide bonds. The van der Waals surface area contributed by atoms with E-state index in [0.717, 1.165) is 33.6 Å². The first-order valence-electron chi connectivity index (χ1n) is 11.6. The minimum Gasteiger partial charge on any atom is -0.420 e. The maximum Gasteiger partial charge on any atom is 0.230 e. The van der Waals surface area contributed by atoms with Gasteiger partial charge in [-0.1, -0.05) is 60.1 Å². The molecule has 1 atom stereocenters. The van der Waals surface area contributed by atoms with Crippen LogP contribution in [0, 0.1) is 6.92 Å². The Bertz CT molecular complexity index is 1730. The Balaban J connectivity index is 1.48. The zero-order valence-corrected chi connectivity index (χ0v) is 20.0. The van der Waals surface area contributed by atoms with Crippen molar-refractivity contribution >= 4 is 17.2 Å². The third kappa shape index (κ3) is 3.21. The molecule has 1 aliphatic heterocycles. The molecule has 7 nitrogen and oxygen atoms in total. The van der Waals surface area contributed by atoms with E-state index in [4.69, 9.17) is 31.5 Å². The SMILES string of the molecule is Cc1nn(-c2ccccc2)c2c1[C@@H](c1ccccc1)c1c(ncn3nc(-c4ccc(Cl)cc4)nc13)O2. The smallest absolute Gasteiger partial charge is 0.230 e. The van der Waals surface area contributed by atoms with Crippen molar-refractivity contribution in [3.05, 3.63) is 119 Å². The van der Waals surface area contributed by atoms with Gasteiger partial charge < -0.3 is 4.74 Å². The second kappa shape index (κ2) is 8.03. The number of aryl methyl sites for hydroxylation is 1. The number of fused-ring (bicyclic) bond motifs is 4. The van der Waals surface area contributed by atoms with Gasteiger partial charge in [0, 0.05) is 10.6 Å². The van der Waals surface area contributed by atoms with Crippen LogP contribution in [0.15, 0.2) is 91.3 Å². The van der Waals surface area contributed by atoms with Gasteiger partial charge in [-0.05, 0) is 48.9 Å². The van der Waals surface area contributed by atoms with Gasteiger partial charge in [0.05, 0.1) is 28.4 Å². The van der Waals surface area contributed by atoms with Gasteiger partial charge in [0.2, 0.25) is 11.8 Å². The molecule has 6 aromatic rings. The number of benzene rings is 3. The van der Waals surface area contributed by atoms with Crippen molar-refractivity contribution in [3.63, 3.8) is 0 Å². The van der Waals surface area contributed by atoms with Gasteiger partial charge in [-0.25, -0.2) is 19.2 Å².